The van der Waals surface area contributed by atoms with Crippen LogP contribution in [0.1, 0.15) is 38.4 Å². The van der Waals surface area contributed by atoms with Crippen molar-refractivity contribution in [2.24, 2.45) is 0 Å². The average molecular weight is 406 g/mol. The molecule has 0 saturated carbocycles. The molecular formula is C22H19FN4OS. The third kappa shape index (κ3) is 4.34. The minimum atomic E-state index is -0.366. The lowest BCUT2D eigenvalue weighted by atomic mass is 10.1. The second kappa shape index (κ2) is 8.52. The van der Waals surface area contributed by atoms with Gasteiger partial charge >= 0.3 is 0 Å². The fourth-order valence-electron chi connectivity index (χ4n) is 3.61. The second-order valence-corrected chi connectivity index (χ2v) is 7.89. The molecule has 3 aromatic rings. The fourth-order valence-corrected chi connectivity index (χ4v) is 4.37. The molecule has 1 N–H and O–H groups in total. The van der Waals surface area contributed by atoms with Crippen LogP contribution in [0, 0.1) is 18.2 Å². The number of rotatable bonds is 6. The molecule has 0 spiro atoms. The summed E-state index contributed by atoms with van der Waals surface area (Å²) < 4.78 is 13.0. The molecule has 0 radical (unpaired) electrons. The number of benzene rings is 2. The Balaban J connectivity index is 1.46. The van der Waals surface area contributed by atoms with Gasteiger partial charge in [-0.15, -0.1) is 16.6 Å². The molecule has 4 rings (SSSR count). The number of amides is 1. The molecular weight excluding hydrogens is 387 g/mol. The number of halogens is 1. The van der Waals surface area contributed by atoms with Crippen LogP contribution in [0.25, 0.3) is 0 Å². The molecule has 29 heavy (non-hydrogen) atoms. The van der Waals surface area contributed by atoms with E-state index in [1.54, 1.807) is 0 Å². The van der Waals surface area contributed by atoms with Gasteiger partial charge in [0.05, 0.1) is 13.1 Å². The molecule has 0 fully saturated rings. The number of carbonyl (C=O) groups excluding carboxylic acids is 1. The maximum Gasteiger partial charge on any atom is 0.286 e. The number of aromatic nitrogens is 2. The standard InChI is InChI=1S/C22H19FN4OS/c1-2-13-27(19-12-7-15-5-3-4-6-18(15)19)14-20-25-26-22(29-20)21(28)24-17-10-8-16(23)9-11-17/h1,3-6,8-11,19H,7,12-14H2,(H,24,28)/t19-/m0/s1. The zero-order valence-electron chi connectivity index (χ0n) is 15.6. The topological polar surface area (TPSA) is 58.1 Å². The maximum atomic E-state index is 13.0. The van der Waals surface area contributed by atoms with Gasteiger partial charge in [0.2, 0.25) is 5.01 Å². The first-order valence-electron chi connectivity index (χ1n) is 9.28. The summed E-state index contributed by atoms with van der Waals surface area (Å²) in [5.41, 5.74) is 3.17. The van der Waals surface area contributed by atoms with Crippen molar-refractivity contribution in [2.75, 3.05) is 11.9 Å². The van der Waals surface area contributed by atoms with Gasteiger partial charge in [-0.2, -0.15) is 0 Å². The van der Waals surface area contributed by atoms with Gasteiger partial charge in [0.25, 0.3) is 5.91 Å². The quantitative estimate of drug-likeness (QED) is 0.628. The summed E-state index contributed by atoms with van der Waals surface area (Å²) in [4.78, 5) is 14.6. The normalized spacial score (nSPS) is 15.1. The molecule has 1 aliphatic rings. The number of carbonyl (C=O) groups is 1. The van der Waals surface area contributed by atoms with Crippen LogP contribution in [0.2, 0.25) is 0 Å². The molecule has 0 bridgehead atoms. The maximum absolute atomic E-state index is 13.0. The Morgan fingerprint density at radius 1 is 1.24 bits per heavy atom. The highest BCUT2D eigenvalue weighted by atomic mass is 32.1. The van der Waals surface area contributed by atoms with E-state index in [-0.39, 0.29) is 22.8 Å². The summed E-state index contributed by atoms with van der Waals surface area (Å²) in [6, 6.07) is 14.2. The predicted octanol–water partition coefficient (Wildman–Crippen LogP) is 4.05. The largest absolute Gasteiger partial charge is 0.320 e. The van der Waals surface area contributed by atoms with Crippen LogP contribution in [-0.2, 0) is 13.0 Å². The molecule has 146 valence electrons. The number of fused-ring (bicyclic) bond motifs is 1. The van der Waals surface area contributed by atoms with Gasteiger partial charge in [-0.25, -0.2) is 4.39 Å². The summed E-state index contributed by atoms with van der Waals surface area (Å²) in [6.45, 7) is 1.03. The van der Waals surface area contributed by atoms with Crippen molar-refractivity contribution in [3.63, 3.8) is 0 Å². The van der Waals surface area contributed by atoms with Crippen molar-refractivity contribution in [1.29, 1.82) is 0 Å². The molecule has 0 aliphatic heterocycles. The van der Waals surface area contributed by atoms with Crippen LogP contribution < -0.4 is 5.32 Å². The van der Waals surface area contributed by atoms with Crippen LogP contribution in [0.15, 0.2) is 48.5 Å². The van der Waals surface area contributed by atoms with Crippen molar-refractivity contribution in [2.45, 2.75) is 25.4 Å². The van der Waals surface area contributed by atoms with Crippen LogP contribution in [0.4, 0.5) is 10.1 Å². The lowest BCUT2D eigenvalue weighted by Gasteiger charge is -2.26. The Labute approximate surface area is 172 Å². The highest BCUT2D eigenvalue weighted by Crippen LogP contribution is 2.36. The van der Waals surface area contributed by atoms with Crippen LogP contribution in [-0.4, -0.2) is 27.5 Å². The molecule has 0 saturated heterocycles. The van der Waals surface area contributed by atoms with E-state index in [0.29, 0.717) is 18.8 Å². The number of nitrogens with zero attached hydrogens (tertiary/aromatic N) is 3. The van der Waals surface area contributed by atoms with Gasteiger partial charge in [-0.05, 0) is 48.2 Å². The molecule has 2 aromatic carbocycles. The minimum absolute atomic E-state index is 0.239. The number of anilines is 1. The Morgan fingerprint density at radius 2 is 2.03 bits per heavy atom. The summed E-state index contributed by atoms with van der Waals surface area (Å²) in [5, 5.41) is 11.9. The smallest absolute Gasteiger partial charge is 0.286 e. The highest BCUT2D eigenvalue weighted by molar-refractivity contribution is 7.13. The minimum Gasteiger partial charge on any atom is -0.320 e. The molecule has 0 unspecified atom stereocenters. The van der Waals surface area contributed by atoms with E-state index < -0.39 is 0 Å². The molecule has 1 aliphatic carbocycles. The van der Waals surface area contributed by atoms with E-state index in [4.69, 9.17) is 6.42 Å². The van der Waals surface area contributed by atoms with Gasteiger partial charge in [-0.3, -0.25) is 9.69 Å². The molecule has 1 heterocycles. The van der Waals surface area contributed by atoms with Crippen molar-refractivity contribution in [3.8, 4) is 12.3 Å². The number of hydrogen-bond donors (Lipinski definition) is 1. The monoisotopic (exact) mass is 406 g/mol. The van der Waals surface area contributed by atoms with Crippen molar-refractivity contribution < 1.29 is 9.18 Å². The van der Waals surface area contributed by atoms with Gasteiger partial charge in [0.1, 0.15) is 10.8 Å². The number of hydrogen-bond acceptors (Lipinski definition) is 5. The third-order valence-electron chi connectivity index (χ3n) is 4.94. The first kappa shape index (κ1) is 19.2. The lowest BCUT2D eigenvalue weighted by Crippen LogP contribution is -2.27. The molecule has 1 aromatic heterocycles. The summed E-state index contributed by atoms with van der Waals surface area (Å²) in [6.07, 6.45) is 7.65. The number of nitrogens with one attached hydrogen (secondary N) is 1. The summed E-state index contributed by atoms with van der Waals surface area (Å²) in [7, 11) is 0. The Kier molecular flexibility index (Phi) is 5.65. The molecule has 7 heteroatoms. The van der Waals surface area contributed by atoms with E-state index in [9.17, 15) is 9.18 Å². The Bertz CT molecular complexity index is 1060. The Morgan fingerprint density at radius 3 is 2.83 bits per heavy atom. The first-order valence-corrected chi connectivity index (χ1v) is 10.1. The molecule has 5 nitrogen and oxygen atoms in total. The SMILES string of the molecule is C#CCN(Cc1nnc(C(=O)Nc2ccc(F)cc2)s1)[C@H]1CCc2ccccc21. The van der Waals surface area contributed by atoms with Crippen LogP contribution >= 0.6 is 11.3 Å². The molecule has 1 amide bonds. The van der Waals surface area contributed by atoms with E-state index in [2.05, 4.69) is 44.5 Å². The zero-order valence-corrected chi connectivity index (χ0v) is 16.5. The predicted molar refractivity (Wildman–Crippen MR) is 111 cm³/mol. The Hall–Kier alpha value is -3.08. The highest BCUT2D eigenvalue weighted by Gasteiger charge is 2.28. The van der Waals surface area contributed by atoms with Gasteiger partial charge < -0.3 is 5.32 Å². The number of terminal acetylenes is 1. The summed E-state index contributed by atoms with van der Waals surface area (Å²) >= 11 is 1.24. The fraction of sp³-hybridized carbons (Fsp3) is 0.227. The van der Waals surface area contributed by atoms with Crippen LogP contribution in [0.3, 0.4) is 0 Å². The van der Waals surface area contributed by atoms with Gasteiger partial charge in [0, 0.05) is 11.7 Å². The molecule has 1 atom stereocenters. The number of aryl methyl sites for hydroxylation is 1. The third-order valence-corrected chi connectivity index (χ3v) is 5.84. The van der Waals surface area contributed by atoms with E-state index in [1.165, 1.54) is 46.7 Å². The van der Waals surface area contributed by atoms with Crippen molar-refractivity contribution in [1.82, 2.24) is 15.1 Å². The average Bonchev–Trinajstić information content (AvgIpc) is 3.36. The van der Waals surface area contributed by atoms with Crippen molar-refractivity contribution in [3.05, 3.63) is 75.5 Å². The zero-order chi connectivity index (χ0) is 20.2. The second-order valence-electron chi connectivity index (χ2n) is 6.82. The van der Waals surface area contributed by atoms with E-state index in [0.717, 1.165) is 17.8 Å². The van der Waals surface area contributed by atoms with Gasteiger partial charge in [-0.1, -0.05) is 41.5 Å². The lowest BCUT2D eigenvalue weighted by molar-refractivity contribution is 0.102. The summed E-state index contributed by atoms with van der Waals surface area (Å²) in [5.74, 6) is 2.01. The van der Waals surface area contributed by atoms with E-state index >= 15 is 0 Å². The van der Waals surface area contributed by atoms with E-state index in [1.807, 2.05) is 6.07 Å². The van der Waals surface area contributed by atoms with Crippen LogP contribution in [0.5, 0.6) is 0 Å². The van der Waals surface area contributed by atoms with Gasteiger partial charge in [0.15, 0.2) is 0 Å². The van der Waals surface area contributed by atoms with Crippen molar-refractivity contribution >= 4 is 22.9 Å². The first-order chi connectivity index (χ1) is 14.1.